The Morgan fingerprint density at radius 3 is 1.18 bits per heavy atom. The normalized spacial score (nSPS) is 15.1. The van der Waals surface area contributed by atoms with Gasteiger partial charge in [0.25, 0.3) is 0 Å². The van der Waals surface area contributed by atoms with E-state index in [1.807, 2.05) is 55.4 Å². The molecule has 0 unspecified atom stereocenters. The fourth-order valence-electron chi connectivity index (χ4n) is 2.02. The summed E-state index contributed by atoms with van der Waals surface area (Å²) < 4.78 is 10.8. The molecular formula is C18H34O4. The minimum absolute atomic E-state index is 0.0809. The molecule has 0 aliphatic rings. The first-order valence-electron chi connectivity index (χ1n) is 8.24. The van der Waals surface area contributed by atoms with Crippen molar-refractivity contribution in [2.45, 2.75) is 68.2 Å². The van der Waals surface area contributed by atoms with Crippen LogP contribution in [0.2, 0.25) is 0 Å². The molecule has 0 aromatic heterocycles. The van der Waals surface area contributed by atoms with Crippen LogP contribution < -0.4 is 0 Å². The third-order valence-electron chi connectivity index (χ3n) is 3.27. The van der Waals surface area contributed by atoms with E-state index in [1.54, 1.807) is 0 Å². The molecular weight excluding hydrogens is 280 g/mol. The molecule has 0 spiro atoms. The summed E-state index contributed by atoms with van der Waals surface area (Å²) in [6, 6.07) is 0. The van der Waals surface area contributed by atoms with Gasteiger partial charge in [0.1, 0.15) is 0 Å². The van der Waals surface area contributed by atoms with E-state index in [4.69, 9.17) is 9.47 Å². The Morgan fingerprint density at radius 1 is 0.727 bits per heavy atom. The van der Waals surface area contributed by atoms with Gasteiger partial charge in [0.05, 0.1) is 25.0 Å². The molecule has 4 nitrogen and oxygen atoms in total. The molecule has 0 N–H and O–H groups in total. The molecule has 0 aliphatic carbocycles. The van der Waals surface area contributed by atoms with Crippen LogP contribution in [0.5, 0.6) is 0 Å². The van der Waals surface area contributed by atoms with E-state index < -0.39 is 11.8 Å². The molecule has 0 amide bonds. The molecule has 0 aromatic rings. The summed E-state index contributed by atoms with van der Waals surface area (Å²) in [6.07, 6.45) is 1.15. The standard InChI is InChI=1S/C18H34O4/c1-9-13(15(19)21-11-17(3,4)5)14(10-2)16(20)22-12-18(6,7)8/h13-14H,9-12H2,1-8H3/t13-,14-/m1/s1. The molecule has 0 fully saturated rings. The highest BCUT2D eigenvalue weighted by Gasteiger charge is 2.34. The van der Waals surface area contributed by atoms with E-state index in [1.165, 1.54) is 0 Å². The van der Waals surface area contributed by atoms with Crippen molar-refractivity contribution >= 4 is 11.9 Å². The van der Waals surface area contributed by atoms with Gasteiger partial charge >= 0.3 is 11.9 Å². The van der Waals surface area contributed by atoms with Crippen LogP contribution in [0.3, 0.4) is 0 Å². The van der Waals surface area contributed by atoms with Crippen LogP contribution in [-0.4, -0.2) is 25.2 Å². The van der Waals surface area contributed by atoms with Crippen LogP contribution in [0.1, 0.15) is 68.2 Å². The first-order chi connectivity index (χ1) is 9.91. The van der Waals surface area contributed by atoms with Gasteiger partial charge < -0.3 is 9.47 Å². The maximum Gasteiger partial charge on any atom is 0.309 e. The van der Waals surface area contributed by atoms with Gasteiger partial charge in [0.15, 0.2) is 0 Å². The van der Waals surface area contributed by atoms with Crippen molar-refractivity contribution in [1.29, 1.82) is 0 Å². The number of hydrogen-bond acceptors (Lipinski definition) is 4. The average Bonchev–Trinajstić information content (AvgIpc) is 2.37. The van der Waals surface area contributed by atoms with Crippen molar-refractivity contribution in [2.24, 2.45) is 22.7 Å². The smallest absolute Gasteiger partial charge is 0.309 e. The molecule has 0 aliphatic heterocycles. The molecule has 0 saturated carbocycles. The number of rotatable bonds is 7. The predicted octanol–water partition coefficient (Wildman–Crippen LogP) is 4.22. The van der Waals surface area contributed by atoms with E-state index in [0.717, 1.165) is 0 Å². The summed E-state index contributed by atoms with van der Waals surface area (Å²) in [5.41, 5.74) is -0.162. The second-order valence-corrected chi connectivity index (χ2v) is 8.37. The lowest BCUT2D eigenvalue weighted by Crippen LogP contribution is -2.34. The molecule has 0 radical (unpaired) electrons. The van der Waals surface area contributed by atoms with Crippen molar-refractivity contribution in [3.8, 4) is 0 Å². The van der Waals surface area contributed by atoms with Crippen LogP contribution in [0, 0.1) is 22.7 Å². The third-order valence-corrected chi connectivity index (χ3v) is 3.27. The van der Waals surface area contributed by atoms with Gasteiger partial charge in [-0.3, -0.25) is 9.59 Å². The molecule has 0 bridgehead atoms. The van der Waals surface area contributed by atoms with Crippen molar-refractivity contribution in [1.82, 2.24) is 0 Å². The second kappa shape index (κ2) is 8.54. The largest absolute Gasteiger partial charge is 0.465 e. The number of carbonyl (C=O) groups excluding carboxylic acids is 2. The van der Waals surface area contributed by atoms with Crippen molar-refractivity contribution in [3.05, 3.63) is 0 Å². The van der Waals surface area contributed by atoms with Crippen molar-refractivity contribution < 1.29 is 19.1 Å². The monoisotopic (exact) mass is 314 g/mol. The summed E-state index contributed by atoms with van der Waals surface area (Å²) in [5, 5.41) is 0. The fourth-order valence-corrected chi connectivity index (χ4v) is 2.02. The molecule has 4 heteroatoms. The van der Waals surface area contributed by atoms with Crippen LogP contribution in [0.25, 0.3) is 0 Å². The van der Waals surface area contributed by atoms with Gasteiger partial charge in [0, 0.05) is 0 Å². The van der Waals surface area contributed by atoms with E-state index in [2.05, 4.69) is 0 Å². The predicted molar refractivity (Wildman–Crippen MR) is 88.4 cm³/mol. The summed E-state index contributed by atoms with van der Waals surface area (Å²) in [4.78, 5) is 24.6. The Bertz CT molecular complexity index is 324. The zero-order chi connectivity index (χ0) is 17.6. The molecule has 0 heterocycles. The summed E-state index contributed by atoms with van der Waals surface area (Å²) in [6.45, 7) is 16.6. The Morgan fingerprint density at radius 2 is 1.00 bits per heavy atom. The van der Waals surface area contributed by atoms with E-state index in [-0.39, 0.29) is 22.8 Å². The van der Waals surface area contributed by atoms with Gasteiger partial charge in [-0.2, -0.15) is 0 Å². The summed E-state index contributed by atoms with van der Waals surface area (Å²) >= 11 is 0. The van der Waals surface area contributed by atoms with Crippen LogP contribution in [0.15, 0.2) is 0 Å². The Labute approximate surface area is 135 Å². The maximum absolute atomic E-state index is 12.3. The SMILES string of the molecule is CC[C@@H](C(=O)OCC(C)(C)C)[C@@H](CC)C(=O)OCC(C)(C)C. The first kappa shape index (κ1) is 20.9. The van der Waals surface area contributed by atoms with E-state index in [0.29, 0.717) is 26.1 Å². The lowest BCUT2D eigenvalue weighted by atomic mass is 9.87. The summed E-state index contributed by atoms with van der Waals surface area (Å²) in [5.74, 6) is -1.45. The second-order valence-electron chi connectivity index (χ2n) is 8.37. The van der Waals surface area contributed by atoms with Gasteiger partial charge in [-0.05, 0) is 23.7 Å². The lowest BCUT2D eigenvalue weighted by Gasteiger charge is -2.26. The minimum Gasteiger partial charge on any atom is -0.465 e. The number of ether oxygens (including phenoxy) is 2. The lowest BCUT2D eigenvalue weighted by molar-refractivity contribution is -0.164. The van der Waals surface area contributed by atoms with E-state index >= 15 is 0 Å². The van der Waals surface area contributed by atoms with Crippen molar-refractivity contribution in [3.63, 3.8) is 0 Å². The van der Waals surface area contributed by atoms with Gasteiger partial charge in [-0.25, -0.2) is 0 Å². The van der Waals surface area contributed by atoms with Gasteiger partial charge in [-0.1, -0.05) is 55.4 Å². The van der Waals surface area contributed by atoms with Gasteiger partial charge in [0.2, 0.25) is 0 Å². The number of hydrogen-bond donors (Lipinski definition) is 0. The molecule has 0 saturated heterocycles. The maximum atomic E-state index is 12.3. The van der Waals surface area contributed by atoms with Crippen LogP contribution in [0.4, 0.5) is 0 Å². The first-order valence-corrected chi connectivity index (χ1v) is 8.24. The quantitative estimate of drug-likeness (QED) is 0.660. The highest BCUT2D eigenvalue weighted by molar-refractivity contribution is 5.82. The zero-order valence-corrected chi connectivity index (χ0v) is 15.6. The van der Waals surface area contributed by atoms with Gasteiger partial charge in [-0.15, -0.1) is 0 Å². The van der Waals surface area contributed by atoms with E-state index in [9.17, 15) is 9.59 Å². The minimum atomic E-state index is -0.431. The van der Waals surface area contributed by atoms with Crippen LogP contribution >= 0.6 is 0 Å². The zero-order valence-electron chi connectivity index (χ0n) is 15.6. The molecule has 0 aromatic carbocycles. The Balaban J connectivity index is 4.78. The number of esters is 2. The molecule has 22 heavy (non-hydrogen) atoms. The Kier molecular flexibility index (Phi) is 8.13. The summed E-state index contributed by atoms with van der Waals surface area (Å²) in [7, 11) is 0. The topological polar surface area (TPSA) is 52.6 Å². The number of carbonyl (C=O) groups is 2. The molecule has 130 valence electrons. The molecule has 0 rings (SSSR count). The Hall–Kier alpha value is -1.06. The average molecular weight is 314 g/mol. The highest BCUT2D eigenvalue weighted by Crippen LogP contribution is 2.25. The highest BCUT2D eigenvalue weighted by atomic mass is 16.5. The fraction of sp³-hybridized carbons (Fsp3) is 0.889. The molecule has 2 atom stereocenters. The van der Waals surface area contributed by atoms with Crippen LogP contribution in [-0.2, 0) is 19.1 Å². The third kappa shape index (κ3) is 8.40. The van der Waals surface area contributed by atoms with Crippen molar-refractivity contribution in [2.75, 3.05) is 13.2 Å².